The van der Waals surface area contributed by atoms with Gasteiger partial charge in [-0.25, -0.2) is 15.0 Å². The number of aromatic nitrogens is 3. The van der Waals surface area contributed by atoms with Gasteiger partial charge in [0.2, 0.25) is 0 Å². The molecule has 0 N–H and O–H groups in total. The quantitative estimate of drug-likeness (QED) is 0.162. The van der Waals surface area contributed by atoms with Crippen LogP contribution in [0.3, 0.4) is 0 Å². The van der Waals surface area contributed by atoms with E-state index in [1.807, 2.05) is 30.3 Å². The molecule has 0 aliphatic rings. The minimum absolute atomic E-state index is 0.545. The van der Waals surface area contributed by atoms with Crippen molar-refractivity contribution in [2.45, 2.75) is 0 Å². The van der Waals surface area contributed by atoms with E-state index in [1.54, 1.807) is 0 Å². The molecule has 3 aromatic heterocycles. The topological polar surface area (TPSA) is 65.0 Å². The number of fused-ring (bicyclic) bond motifs is 10. The van der Waals surface area contributed by atoms with Crippen LogP contribution in [0.4, 0.5) is 0 Å². The third-order valence-electron chi connectivity index (χ3n) is 12.4. The standard InChI is InChI=1S/C57H33N3O2/c1-2-15-34(16-3-1)37-24-12-27-47-52-44(25-14-30-51(52)62-53(37)47)42-31-32-46(40-21-8-7-20-39(40)42)55-58-56(48-28-13-26-45-43-23-10-11-29-50(43)61-54(45)48)60-57(59-55)49-33-35-17-4-5-18-36(35)38-19-6-9-22-41(38)49/h1-33H. The predicted molar refractivity (Wildman–Crippen MR) is 254 cm³/mol. The average molecular weight is 792 g/mol. The molecule has 0 atom stereocenters. The Bertz CT molecular complexity index is 3940. The largest absolute Gasteiger partial charge is 0.455 e. The van der Waals surface area contributed by atoms with Gasteiger partial charge in [-0.3, -0.25) is 0 Å². The van der Waals surface area contributed by atoms with Crippen molar-refractivity contribution in [3.8, 4) is 56.4 Å². The van der Waals surface area contributed by atoms with Crippen molar-refractivity contribution >= 4 is 76.2 Å². The fourth-order valence-electron chi connectivity index (χ4n) is 9.55. The molecule has 13 aromatic rings. The second kappa shape index (κ2) is 13.6. The monoisotopic (exact) mass is 791 g/mol. The zero-order valence-corrected chi connectivity index (χ0v) is 33.2. The summed E-state index contributed by atoms with van der Waals surface area (Å²) in [5, 5.41) is 10.9. The molecule has 0 aliphatic heterocycles. The lowest BCUT2D eigenvalue weighted by Crippen LogP contribution is -2.01. The summed E-state index contributed by atoms with van der Waals surface area (Å²) in [6, 6.07) is 69.7. The molecule has 0 fully saturated rings. The average Bonchev–Trinajstić information content (AvgIpc) is 3.93. The van der Waals surface area contributed by atoms with E-state index >= 15 is 0 Å². The maximum atomic E-state index is 6.69. The fourth-order valence-corrected chi connectivity index (χ4v) is 9.55. The first-order valence-corrected chi connectivity index (χ1v) is 20.8. The van der Waals surface area contributed by atoms with Crippen LogP contribution in [0, 0.1) is 0 Å². The van der Waals surface area contributed by atoms with E-state index in [1.165, 1.54) is 5.39 Å². The third-order valence-corrected chi connectivity index (χ3v) is 12.4. The van der Waals surface area contributed by atoms with Crippen LogP contribution in [0.25, 0.3) is 133 Å². The summed E-state index contributed by atoms with van der Waals surface area (Å²) in [6.45, 7) is 0. The summed E-state index contributed by atoms with van der Waals surface area (Å²) in [5.74, 6) is 1.72. The van der Waals surface area contributed by atoms with E-state index < -0.39 is 0 Å². The minimum Gasteiger partial charge on any atom is -0.455 e. The predicted octanol–water partition coefficient (Wildman–Crippen LogP) is 15.5. The Morgan fingerprint density at radius 1 is 0.274 bits per heavy atom. The highest BCUT2D eigenvalue weighted by Crippen LogP contribution is 2.44. The van der Waals surface area contributed by atoms with Crippen molar-refractivity contribution in [2.24, 2.45) is 0 Å². The van der Waals surface area contributed by atoms with Crippen LogP contribution in [0.5, 0.6) is 0 Å². The number of rotatable bonds is 5. The maximum absolute atomic E-state index is 6.69. The van der Waals surface area contributed by atoms with Crippen LogP contribution in [0.2, 0.25) is 0 Å². The Morgan fingerprint density at radius 3 is 1.58 bits per heavy atom. The van der Waals surface area contributed by atoms with Crippen molar-refractivity contribution < 1.29 is 8.83 Å². The van der Waals surface area contributed by atoms with Crippen LogP contribution < -0.4 is 0 Å². The van der Waals surface area contributed by atoms with Crippen molar-refractivity contribution in [1.82, 2.24) is 15.0 Å². The van der Waals surface area contributed by atoms with Crippen LogP contribution in [0.1, 0.15) is 0 Å². The summed E-state index contributed by atoms with van der Waals surface area (Å²) in [5.41, 5.74) is 10.4. The van der Waals surface area contributed by atoms with E-state index in [4.69, 9.17) is 23.8 Å². The number of benzene rings is 10. The SMILES string of the molecule is c1ccc(-c2cccc3c2oc2cccc(-c4ccc(-c5nc(-c6cc7ccccc7c7ccccc67)nc(-c6cccc7c6oc6ccccc67)n5)c5ccccc45)c23)cc1. The van der Waals surface area contributed by atoms with E-state index in [2.05, 4.69) is 170 Å². The van der Waals surface area contributed by atoms with Gasteiger partial charge in [0.05, 0.1) is 5.56 Å². The summed E-state index contributed by atoms with van der Waals surface area (Å²) in [4.78, 5) is 16.0. The van der Waals surface area contributed by atoms with Gasteiger partial charge < -0.3 is 8.83 Å². The van der Waals surface area contributed by atoms with E-state index in [0.29, 0.717) is 17.5 Å². The molecule has 5 heteroatoms. The van der Waals surface area contributed by atoms with Gasteiger partial charge in [0, 0.05) is 38.2 Å². The molecule has 5 nitrogen and oxygen atoms in total. The lowest BCUT2D eigenvalue weighted by atomic mass is 9.91. The Balaban J connectivity index is 1.06. The van der Waals surface area contributed by atoms with E-state index in [-0.39, 0.29) is 0 Å². The molecule has 0 radical (unpaired) electrons. The highest BCUT2D eigenvalue weighted by Gasteiger charge is 2.22. The summed E-state index contributed by atoms with van der Waals surface area (Å²) in [6.07, 6.45) is 0. The Morgan fingerprint density at radius 2 is 0.774 bits per heavy atom. The molecule has 3 heterocycles. The molecule has 288 valence electrons. The molecule has 62 heavy (non-hydrogen) atoms. The fraction of sp³-hybridized carbons (Fsp3) is 0. The normalized spacial score (nSPS) is 11.9. The lowest BCUT2D eigenvalue weighted by molar-refractivity contribution is 0.669. The first-order chi connectivity index (χ1) is 30.7. The molecule has 10 aromatic carbocycles. The number of hydrogen-bond donors (Lipinski definition) is 0. The second-order valence-corrected chi connectivity index (χ2v) is 15.8. The van der Waals surface area contributed by atoms with Gasteiger partial charge in [-0.2, -0.15) is 0 Å². The summed E-state index contributed by atoms with van der Waals surface area (Å²) in [7, 11) is 0. The Kier molecular flexibility index (Phi) is 7.54. The summed E-state index contributed by atoms with van der Waals surface area (Å²) >= 11 is 0. The first-order valence-electron chi connectivity index (χ1n) is 20.8. The molecule has 0 saturated carbocycles. The highest BCUT2D eigenvalue weighted by molar-refractivity contribution is 6.19. The van der Waals surface area contributed by atoms with Gasteiger partial charge in [-0.1, -0.05) is 170 Å². The molecular weight excluding hydrogens is 759 g/mol. The van der Waals surface area contributed by atoms with Crippen LogP contribution in [0.15, 0.2) is 209 Å². The molecule has 13 rings (SSSR count). The zero-order valence-electron chi connectivity index (χ0n) is 33.2. The van der Waals surface area contributed by atoms with Gasteiger partial charge in [-0.05, 0) is 79.3 Å². The van der Waals surface area contributed by atoms with Crippen molar-refractivity contribution in [1.29, 1.82) is 0 Å². The number of nitrogens with zero attached hydrogens (tertiary/aromatic N) is 3. The maximum Gasteiger partial charge on any atom is 0.167 e. The number of furan rings is 2. The number of hydrogen-bond acceptors (Lipinski definition) is 5. The molecule has 0 bridgehead atoms. The smallest absolute Gasteiger partial charge is 0.167 e. The van der Waals surface area contributed by atoms with Gasteiger partial charge in [0.25, 0.3) is 0 Å². The van der Waals surface area contributed by atoms with Crippen molar-refractivity contribution in [3.63, 3.8) is 0 Å². The van der Waals surface area contributed by atoms with Crippen molar-refractivity contribution in [3.05, 3.63) is 200 Å². The first kappa shape index (κ1) is 34.5. The Labute approximate surface area is 355 Å². The molecule has 0 unspecified atom stereocenters. The van der Waals surface area contributed by atoms with Crippen LogP contribution >= 0.6 is 0 Å². The van der Waals surface area contributed by atoms with Gasteiger partial charge in [0.15, 0.2) is 17.5 Å². The van der Waals surface area contributed by atoms with Crippen LogP contribution in [-0.4, -0.2) is 15.0 Å². The lowest BCUT2D eigenvalue weighted by Gasteiger charge is -2.15. The molecule has 0 amide bonds. The van der Waals surface area contributed by atoms with Gasteiger partial charge >= 0.3 is 0 Å². The van der Waals surface area contributed by atoms with Gasteiger partial charge in [0.1, 0.15) is 22.3 Å². The summed E-state index contributed by atoms with van der Waals surface area (Å²) < 4.78 is 13.3. The van der Waals surface area contributed by atoms with Crippen molar-refractivity contribution in [2.75, 3.05) is 0 Å². The molecule has 0 aliphatic carbocycles. The molecular formula is C57H33N3O2. The number of para-hydroxylation sites is 3. The highest BCUT2D eigenvalue weighted by atomic mass is 16.3. The molecule has 0 saturated heterocycles. The van der Waals surface area contributed by atoms with E-state index in [9.17, 15) is 0 Å². The van der Waals surface area contributed by atoms with E-state index in [0.717, 1.165) is 110 Å². The Hall–Kier alpha value is -8.41. The molecule has 0 spiro atoms. The van der Waals surface area contributed by atoms with Crippen LogP contribution in [-0.2, 0) is 0 Å². The minimum atomic E-state index is 0.545. The second-order valence-electron chi connectivity index (χ2n) is 15.8. The van der Waals surface area contributed by atoms with Gasteiger partial charge in [-0.15, -0.1) is 0 Å². The third kappa shape index (κ3) is 5.25. The zero-order chi connectivity index (χ0) is 40.7.